The van der Waals surface area contributed by atoms with E-state index in [2.05, 4.69) is 10.2 Å². The molecule has 25 heavy (non-hydrogen) atoms. The Bertz CT molecular complexity index is 479. The van der Waals surface area contributed by atoms with Crippen molar-refractivity contribution in [1.82, 2.24) is 15.1 Å². The number of piperazine rings is 1. The molecule has 1 aliphatic carbocycles. The molecule has 142 valence electrons. The minimum Gasteiger partial charge on any atom is -0.336 e. The third kappa shape index (κ3) is 4.59. The summed E-state index contributed by atoms with van der Waals surface area (Å²) in [5, 5.41) is 3.30. The van der Waals surface area contributed by atoms with E-state index in [0.717, 1.165) is 58.4 Å². The number of hydrogen-bond acceptors (Lipinski definition) is 4. The molecular weight excluding hydrogens is 321 g/mol. The lowest BCUT2D eigenvalue weighted by molar-refractivity contribution is -0.152. The lowest BCUT2D eigenvalue weighted by Crippen LogP contribution is -2.63. The number of likely N-dealkylation sites (tertiary alicyclic amines) is 1. The third-order valence-electron chi connectivity index (χ3n) is 6.23. The number of amides is 1. The largest absolute Gasteiger partial charge is 0.336 e. The zero-order chi connectivity index (χ0) is 17.9. The van der Waals surface area contributed by atoms with Crippen molar-refractivity contribution in [1.29, 1.82) is 0 Å². The maximum Gasteiger partial charge on any atom is 0.225 e. The molecule has 0 unspecified atom stereocenters. The number of nitrogens with one attached hydrogen (secondary N) is 1. The summed E-state index contributed by atoms with van der Waals surface area (Å²) in [5.74, 6) is 0.576. The molecule has 0 aromatic rings. The highest BCUT2D eigenvalue weighted by molar-refractivity contribution is 5.82. The average Bonchev–Trinajstić information content (AvgIpc) is 2.64. The van der Waals surface area contributed by atoms with Gasteiger partial charge in [-0.1, -0.05) is 6.92 Å². The number of halogens is 1. The van der Waals surface area contributed by atoms with Crippen LogP contribution < -0.4 is 5.32 Å². The van der Waals surface area contributed by atoms with E-state index in [0.29, 0.717) is 18.6 Å². The number of rotatable bonds is 6. The second-order valence-electron chi connectivity index (χ2n) is 8.06. The molecular formula is C19H32FN3O2. The molecule has 3 rings (SSSR count). The van der Waals surface area contributed by atoms with Gasteiger partial charge in [-0.05, 0) is 32.1 Å². The highest BCUT2D eigenvalue weighted by Gasteiger charge is 2.47. The topological polar surface area (TPSA) is 52.7 Å². The highest BCUT2D eigenvalue weighted by Crippen LogP contribution is 2.35. The number of alkyl halides is 1. The van der Waals surface area contributed by atoms with Crippen LogP contribution in [0.15, 0.2) is 0 Å². The van der Waals surface area contributed by atoms with Gasteiger partial charge in [-0.15, -0.1) is 0 Å². The molecule has 3 aliphatic rings. The molecule has 0 radical (unpaired) electrons. The van der Waals surface area contributed by atoms with E-state index in [1.807, 2.05) is 6.92 Å². The Morgan fingerprint density at radius 2 is 1.68 bits per heavy atom. The number of ketones is 1. The Balaban J connectivity index is 1.38. The maximum absolute atomic E-state index is 14.8. The number of carbonyl (C=O) groups is 2. The summed E-state index contributed by atoms with van der Waals surface area (Å²) in [5.41, 5.74) is -1.20. The van der Waals surface area contributed by atoms with E-state index < -0.39 is 5.67 Å². The van der Waals surface area contributed by atoms with Gasteiger partial charge in [-0.3, -0.25) is 9.59 Å². The SMILES string of the molecule is CCC(=O)C1CCC(C(=O)N2CC(F)(CCN3CCNCC3)C2)CC1. The van der Waals surface area contributed by atoms with Gasteiger partial charge in [0.05, 0.1) is 13.1 Å². The number of carbonyl (C=O) groups excluding carboxylic acids is 2. The van der Waals surface area contributed by atoms with Crippen molar-refractivity contribution in [3.05, 3.63) is 0 Å². The predicted octanol–water partition coefficient (Wildman–Crippen LogP) is 1.62. The van der Waals surface area contributed by atoms with Crippen LogP contribution in [-0.2, 0) is 9.59 Å². The monoisotopic (exact) mass is 353 g/mol. The number of nitrogens with zero attached hydrogens (tertiary/aromatic N) is 2. The minimum atomic E-state index is -1.20. The molecule has 2 saturated heterocycles. The molecule has 5 nitrogen and oxygen atoms in total. The van der Waals surface area contributed by atoms with Crippen LogP contribution in [0.5, 0.6) is 0 Å². The normalized spacial score (nSPS) is 29.9. The lowest BCUT2D eigenvalue weighted by Gasteiger charge is -2.47. The number of hydrogen-bond donors (Lipinski definition) is 1. The smallest absolute Gasteiger partial charge is 0.225 e. The lowest BCUT2D eigenvalue weighted by atomic mass is 9.78. The van der Waals surface area contributed by atoms with Crippen LogP contribution in [0.2, 0.25) is 0 Å². The maximum atomic E-state index is 14.8. The molecule has 2 aliphatic heterocycles. The van der Waals surface area contributed by atoms with Gasteiger partial charge in [0, 0.05) is 51.0 Å². The van der Waals surface area contributed by atoms with E-state index in [9.17, 15) is 14.0 Å². The fourth-order valence-corrected chi connectivity index (χ4v) is 4.45. The quantitative estimate of drug-likeness (QED) is 0.788. The van der Waals surface area contributed by atoms with Crippen molar-refractivity contribution in [3.8, 4) is 0 Å². The van der Waals surface area contributed by atoms with E-state index in [4.69, 9.17) is 0 Å². The van der Waals surface area contributed by atoms with Gasteiger partial charge >= 0.3 is 0 Å². The fraction of sp³-hybridized carbons (Fsp3) is 0.895. The van der Waals surface area contributed by atoms with Crippen molar-refractivity contribution >= 4 is 11.7 Å². The third-order valence-corrected chi connectivity index (χ3v) is 6.23. The van der Waals surface area contributed by atoms with Crippen LogP contribution in [0, 0.1) is 11.8 Å². The van der Waals surface area contributed by atoms with Gasteiger partial charge in [0.15, 0.2) is 0 Å². The van der Waals surface area contributed by atoms with E-state index >= 15 is 0 Å². The van der Waals surface area contributed by atoms with Gasteiger partial charge in [-0.2, -0.15) is 0 Å². The molecule has 6 heteroatoms. The standard InChI is InChI=1S/C19H32FN3O2/c1-2-17(24)15-3-5-16(6-4-15)18(25)23-13-19(20,14-23)7-10-22-11-8-21-9-12-22/h15-16,21H,2-14H2,1H3. The Hall–Kier alpha value is -1.01. The molecule has 1 saturated carbocycles. The molecule has 0 atom stereocenters. The Labute approximate surface area is 150 Å². The zero-order valence-electron chi connectivity index (χ0n) is 15.4. The van der Waals surface area contributed by atoms with E-state index in [-0.39, 0.29) is 30.8 Å². The molecule has 0 aromatic heterocycles. The van der Waals surface area contributed by atoms with Crippen molar-refractivity contribution < 1.29 is 14.0 Å². The first-order valence-corrected chi connectivity index (χ1v) is 9.94. The first-order chi connectivity index (χ1) is 12.0. The second-order valence-corrected chi connectivity index (χ2v) is 8.06. The van der Waals surface area contributed by atoms with E-state index in [1.54, 1.807) is 4.90 Å². The molecule has 2 heterocycles. The molecule has 0 aromatic carbocycles. The van der Waals surface area contributed by atoms with Crippen LogP contribution in [0.4, 0.5) is 4.39 Å². The molecule has 1 amide bonds. The minimum absolute atomic E-state index is 0.00127. The molecule has 0 spiro atoms. The van der Waals surface area contributed by atoms with Crippen LogP contribution in [0.3, 0.4) is 0 Å². The Morgan fingerprint density at radius 1 is 1.08 bits per heavy atom. The van der Waals surface area contributed by atoms with Crippen LogP contribution in [0.1, 0.15) is 45.4 Å². The van der Waals surface area contributed by atoms with Crippen molar-refractivity contribution in [2.75, 3.05) is 45.8 Å². The summed E-state index contributed by atoms with van der Waals surface area (Å²) < 4.78 is 14.8. The first kappa shape index (κ1) is 18.8. The predicted molar refractivity (Wildman–Crippen MR) is 95.1 cm³/mol. The van der Waals surface area contributed by atoms with Gasteiger partial charge in [-0.25, -0.2) is 4.39 Å². The summed E-state index contributed by atoms with van der Waals surface area (Å²) in [6.07, 6.45) is 4.32. The summed E-state index contributed by atoms with van der Waals surface area (Å²) in [6, 6.07) is 0. The summed E-state index contributed by atoms with van der Waals surface area (Å²) in [6.45, 7) is 7.12. The highest BCUT2D eigenvalue weighted by atomic mass is 19.1. The first-order valence-electron chi connectivity index (χ1n) is 9.94. The van der Waals surface area contributed by atoms with Crippen LogP contribution in [0.25, 0.3) is 0 Å². The zero-order valence-corrected chi connectivity index (χ0v) is 15.4. The van der Waals surface area contributed by atoms with Crippen molar-refractivity contribution in [2.24, 2.45) is 11.8 Å². The Morgan fingerprint density at radius 3 is 2.28 bits per heavy atom. The number of Topliss-reactive ketones (excluding diaryl/α,β-unsaturated/α-hetero) is 1. The van der Waals surface area contributed by atoms with E-state index in [1.165, 1.54) is 0 Å². The van der Waals surface area contributed by atoms with Crippen molar-refractivity contribution in [2.45, 2.75) is 51.1 Å². The molecule has 0 bridgehead atoms. The summed E-state index contributed by atoms with van der Waals surface area (Å²) in [7, 11) is 0. The average molecular weight is 353 g/mol. The molecule has 1 N–H and O–H groups in total. The Kier molecular flexibility index (Phi) is 6.10. The molecule has 3 fully saturated rings. The second kappa shape index (κ2) is 8.12. The summed E-state index contributed by atoms with van der Waals surface area (Å²) >= 11 is 0. The van der Waals surface area contributed by atoms with Gasteiger partial charge in [0.1, 0.15) is 11.5 Å². The summed E-state index contributed by atoms with van der Waals surface area (Å²) in [4.78, 5) is 28.4. The fourth-order valence-electron chi connectivity index (χ4n) is 4.45. The van der Waals surface area contributed by atoms with Crippen LogP contribution in [-0.4, -0.2) is 73.0 Å². The van der Waals surface area contributed by atoms with Gasteiger partial charge < -0.3 is 15.1 Å². The van der Waals surface area contributed by atoms with Gasteiger partial charge in [0.25, 0.3) is 0 Å². The van der Waals surface area contributed by atoms with Crippen LogP contribution >= 0.6 is 0 Å². The van der Waals surface area contributed by atoms with Gasteiger partial charge in [0.2, 0.25) is 5.91 Å². The van der Waals surface area contributed by atoms with Crippen molar-refractivity contribution in [3.63, 3.8) is 0 Å².